The molecule has 0 saturated carbocycles. The molecule has 0 aliphatic carbocycles. The van der Waals surface area contributed by atoms with E-state index in [2.05, 4.69) is 53.6 Å². The van der Waals surface area contributed by atoms with Gasteiger partial charge in [-0.05, 0) is 34.7 Å². The third-order valence-corrected chi connectivity index (χ3v) is 7.92. The summed E-state index contributed by atoms with van der Waals surface area (Å²) in [6.07, 6.45) is 0. The minimum atomic E-state index is -0.0561. The van der Waals surface area contributed by atoms with Crippen molar-refractivity contribution in [3.05, 3.63) is 59.2 Å². The molecule has 1 N–H and O–H groups in total. The second-order valence-electron chi connectivity index (χ2n) is 7.27. The number of nitrogens with zero attached hydrogens (tertiary/aromatic N) is 2. The van der Waals surface area contributed by atoms with Crippen LogP contribution in [-0.2, 0) is 17.1 Å². The van der Waals surface area contributed by atoms with Crippen LogP contribution in [0.1, 0.15) is 36.5 Å². The Labute approximate surface area is 201 Å². The number of methoxy groups -OCH3 is 2. The molecule has 2 aromatic carbocycles. The van der Waals surface area contributed by atoms with Gasteiger partial charge in [-0.25, -0.2) is 0 Å². The molecule has 0 spiro atoms. The molecule has 0 atom stereocenters. The van der Waals surface area contributed by atoms with Gasteiger partial charge in [0.15, 0.2) is 20.2 Å². The topological polar surface area (TPSA) is 73.3 Å². The first kappa shape index (κ1) is 24.4. The molecular weight excluding hydrogens is 462 g/mol. The van der Waals surface area contributed by atoms with Crippen LogP contribution in [0.25, 0.3) is 0 Å². The maximum absolute atomic E-state index is 12.2. The molecule has 0 unspecified atom stereocenters. The monoisotopic (exact) mass is 489 g/mol. The molecule has 0 fully saturated rings. The van der Waals surface area contributed by atoms with Crippen LogP contribution in [0.4, 0.5) is 0 Å². The van der Waals surface area contributed by atoms with E-state index in [1.165, 1.54) is 34.2 Å². The zero-order valence-corrected chi connectivity index (χ0v) is 21.0. The van der Waals surface area contributed by atoms with Crippen LogP contribution in [0.15, 0.2) is 51.1 Å². The normalized spacial score (nSPS) is 10.9. The van der Waals surface area contributed by atoms with Crippen molar-refractivity contribution in [2.24, 2.45) is 0 Å². The molecule has 32 heavy (non-hydrogen) atoms. The average Bonchev–Trinajstić information content (AvgIpc) is 3.28. The summed E-state index contributed by atoms with van der Waals surface area (Å²) in [6.45, 7) is 4.81. The number of carbonyl (C=O) groups is 1. The van der Waals surface area contributed by atoms with Crippen LogP contribution in [0.3, 0.4) is 0 Å². The molecule has 1 amide bonds. The molecule has 0 saturated heterocycles. The number of ether oxygens (including phenoxy) is 2. The Hall–Kier alpha value is -2.23. The van der Waals surface area contributed by atoms with Crippen molar-refractivity contribution in [1.82, 2.24) is 15.5 Å². The number of carbonyl (C=O) groups excluding carboxylic acids is 1. The van der Waals surface area contributed by atoms with E-state index >= 15 is 0 Å². The smallest absolute Gasteiger partial charge is 0.230 e. The number of rotatable bonds is 11. The van der Waals surface area contributed by atoms with E-state index in [1.54, 1.807) is 26.0 Å². The summed E-state index contributed by atoms with van der Waals surface area (Å²) in [5.74, 6) is 2.93. The van der Waals surface area contributed by atoms with E-state index in [1.807, 2.05) is 18.2 Å². The van der Waals surface area contributed by atoms with Gasteiger partial charge >= 0.3 is 0 Å². The molecule has 3 rings (SSSR count). The zero-order chi connectivity index (χ0) is 22.9. The predicted molar refractivity (Wildman–Crippen MR) is 132 cm³/mol. The Kier molecular flexibility index (Phi) is 9.25. The van der Waals surface area contributed by atoms with E-state index in [9.17, 15) is 4.79 Å². The van der Waals surface area contributed by atoms with E-state index in [0.29, 0.717) is 29.7 Å². The van der Waals surface area contributed by atoms with Gasteiger partial charge in [-0.1, -0.05) is 79.0 Å². The highest BCUT2D eigenvalue weighted by atomic mass is 32.2. The fourth-order valence-electron chi connectivity index (χ4n) is 2.83. The van der Waals surface area contributed by atoms with Gasteiger partial charge in [0, 0.05) is 12.3 Å². The Bertz CT molecular complexity index is 1020. The summed E-state index contributed by atoms with van der Waals surface area (Å²) in [6, 6.07) is 14.3. The molecule has 0 aliphatic rings. The number of benzene rings is 2. The second kappa shape index (κ2) is 12.1. The Morgan fingerprint density at radius 1 is 0.969 bits per heavy atom. The lowest BCUT2D eigenvalue weighted by atomic mass is 10.0. The van der Waals surface area contributed by atoms with Gasteiger partial charge in [-0.2, -0.15) is 0 Å². The van der Waals surface area contributed by atoms with Gasteiger partial charge in [-0.15, -0.1) is 10.2 Å². The van der Waals surface area contributed by atoms with E-state index in [4.69, 9.17) is 9.47 Å². The first-order valence-electron chi connectivity index (χ1n) is 10.1. The summed E-state index contributed by atoms with van der Waals surface area (Å²) in [4.78, 5) is 12.2. The van der Waals surface area contributed by atoms with E-state index in [0.717, 1.165) is 20.0 Å². The zero-order valence-electron chi connectivity index (χ0n) is 18.6. The van der Waals surface area contributed by atoms with Crippen molar-refractivity contribution in [1.29, 1.82) is 0 Å². The first-order valence-corrected chi connectivity index (χ1v) is 12.9. The van der Waals surface area contributed by atoms with Crippen molar-refractivity contribution in [3.8, 4) is 11.5 Å². The number of amides is 1. The third-order valence-electron chi connectivity index (χ3n) is 4.66. The minimum absolute atomic E-state index is 0.0561. The lowest BCUT2D eigenvalue weighted by Gasteiger charge is -2.10. The lowest BCUT2D eigenvalue weighted by molar-refractivity contribution is -0.118. The summed E-state index contributed by atoms with van der Waals surface area (Å²) < 4.78 is 12.2. The number of aromatic nitrogens is 2. The van der Waals surface area contributed by atoms with Crippen LogP contribution in [0.2, 0.25) is 0 Å². The van der Waals surface area contributed by atoms with Gasteiger partial charge < -0.3 is 14.8 Å². The van der Waals surface area contributed by atoms with Crippen molar-refractivity contribution < 1.29 is 14.3 Å². The molecule has 6 nitrogen and oxygen atoms in total. The first-order chi connectivity index (χ1) is 15.5. The molecule has 9 heteroatoms. The number of nitrogens with one attached hydrogen (secondary N) is 1. The Morgan fingerprint density at radius 2 is 1.62 bits per heavy atom. The molecule has 1 aromatic heterocycles. The van der Waals surface area contributed by atoms with Crippen molar-refractivity contribution in [2.75, 3.05) is 20.0 Å². The molecule has 3 aromatic rings. The second-order valence-corrected chi connectivity index (χ2v) is 10.7. The quantitative estimate of drug-likeness (QED) is 0.363. The van der Waals surface area contributed by atoms with Crippen LogP contribution in [0.5, 0.6) is 11.5 Å². The van der Waals surface area contributed by atoms with Gasteiger partial charge in [0.1, 0.15) is 0 Å². The molecule has 1 heterocycles. The fourth-order valence-corrected chi connectivity index (χ4v) is 5.63. The summed E-state index contributed by atoms with van der Waals surface area (Å²) in [5.41, 5.74) is 3.55. The highest BCUT2D eigenvalue weighted by Crippen LogP contribution is 2.31. The van der Waals surface area contributed by atoms with E-state index < -0.39 is 0 Å². The van der Waals surface area contributed by atoms with Crippen LogP contribution >= 0.6 is 34.9 Å². The largest absolute Gasteiger partial charge is 0.493 e. The maximum Gasteiger partial charge on any atom is 0.230 e. The van der Waals surface area contributed by atoms with E-state index in [-0.39, 0.29) is 5.91 Å². The van der Waals surface area contributed by atoms with Crippen molar-refractivity contribution >= 4 is 40.8 Å². The predicted octanol–water partition coefficient (Wildman–Crippen LogP) is 5.38. The molecule has 170 valence electrons. The van der Waals surface area contributed by atoms with Gasteiger partial charge in [0.05, 0.1) is 20.0 Å². The standard InChI is InChI=1S/C23H27N3O3S3/c1-15(2)18-8-5-16(6-9-18)13-30-22-25-26-23(32-22)31-14-21(27)24-12-17-7-10-19(28-3)20(11-17)29-4/h5-11,15H,12-14H2,1-4H3,(H,24,27). The fraction of sp³-hybridized carbons (Fsp3) is 0.348. The number of thioether (sulfide) groups is 2. The van der Waals surface area contributed by atoms with Crippen molar-refractivity contribution in [3.63, 3.8) is 0 Å². The Balaban J connectivity index is 1.42. The van der Waals surface area contributed by atoms with Crippen LogP contribution < -0.4 is 14.8 Å². The van der Waals surface area contributed by atoms with Crippen molar-refractivity contribution in [2.45, 2.75) is 40.7 Å². The van der Waals surface area contributed by atoms with Crippen LogP contribution in [0, 0.1) is 0 Å². The maximum atomic E-state index is 12.2. The highest BCUT2D eigenvalue weighted by Gasteiger charge is 2.10. The SMILES string of the molecule is COc1ccc(CNC(=O)CSc2nnc(SCc3ccc(C(C)C)cc3)s2)cc1OC. The molecule has 0 radical (unpaired) electrons. The van der Waals surface area contributed by atoms with Gasteiger partial charge in [-0.3, -0.25) is 4.79 Å². The minimum Gasteiger partial charge on any atom is -0.493 e. The number of hydrogen-bond acceptors (Lipinski definition) is 8. The number of hydrogen-bond donors (Lipinski definition) is 1. The Morgan fingerprint density at radius 3 is 2.28 bits per heavy atom. The van der Waals surface area contributed by atoms with Crippen LogP contribution in [-0.4, -0.2) is 36.1 Å². The summed E-state index contributed by atoms with van der Waals surface area (Å²) in [7, 11) is 3.19. The van der Waals surface area contributed by atoms with Gasteiger partial charge in [0.2, 0.25) is 5.91 Å². The molecule has 0 bridgehead atoms. The molecular formula is C23H27N3O3S3. The average molecular weight is 490 g/mol. The third kappa shape index (κ3) is 7.15. The summed E-state index contributed by atoms with van der Waals surface area (Å²) >= 11 is 4.58. The van der Waals surface area contributed by atoms with Gasteiger partial charge in [0.25, 0.3) is 0 Å². The summed E-state index contributed by atoms with van der Waals surface area (Å²) in [5, 5.41) is 11.4. The molecule has 0 aliphatic heterocycles. The highest BCUT2D eigenvalue weighted by molar-refractivity contribution is 8.03. The lowest BCUT2D eigenvalue weighted by Crippen LogP contribution is -2.24.